The van der Waals surface area contributed by atoms with Crippen LogP contribution in [0.15, 0.2) is 30.3 Å². The van der Waals surface area contributed by atoms with E-state index in [2.05, 4.69) is 34.8 Å². The van der Waals surface area contributed by atoms with Crippen molar-refractivity contribution in [2.75, 3.05) is 13.6 Å². The predicted octanol–water partition coefficient (Wildman–Crippen LogP) is 2.02. The van der Waals surface area contributed by atoms with Gasteiger partial charge in [-0.2, -0.15) is 5.10 Å². The van der Waals surface area contributed by atoms with Gasteiger partial charge >= 0.3 is 0 Å². The molecular weight excluding hydrogens is 288 g/mol. The van der Waals surface area contributed by atoms with Crippen LogP contribution in [0, 0.1) is 19.8 Å². The van der Waals surface area contributed by atoms with E-state index in [-0.39, 0.29) is 11.8 Å². The van der Waals surface area contributed by atoms with E-state index < -0.39 is 0 Å². The summed E-state index contributed by atoms with van der Waals surface area (Å²) in [4.78, 5) is 12.0. The number of aryl methyl sites for hydroxylation is 1. The van der Waals surface area contributed by atoms with Gasteiger partial charge in [-0.1, -0.05) is 37.3 Å². The molecule has 1 amide bonds. The molecule has 0 spiro atoms. The molecule has 2 aromatic rings. The van der Waals surface area contributed by atoms with Crippen LogP contribution < -0.4 is 10.6 Å². The highest BCUT2D eigenvalue weighted by atomic mass is 16.1. The Morgan fingerprint density at radius 1 is 1.26 bits per heavy atom. The molecule has 5 nitrogen and oxygen atoms in total. The third kappa shape index (κ3) is 4.42. The Morgan fingerprint density at radius 2 is 1.96 bits per heavy atom. The van der Waals surface area contributed by atoms with Gasteiger partial charge in [0.1, 0.15) is 0 Å². The fraction of sp³-hybridized carbons (Fsp3) is 0.444. The monoisotopic (exact) mass is 314 g/mol. The van der Waals surface area contributed by atoms with E-state index in [1.54, 1.807) is 0 Å². The molecule has 124 valence electrons. The summed E-state index contributed by atoms with van der Waals surface area (Å²) in [5.74, 6) is 0.0222. The van der Waals surface area contributed by atoms with Crippen molar-refractivity contribution in [3.8, 4) is 0 Å². The first kappa shape index (κ1) is 17.2. The van der Waals surface area contributed by atoms with Crippen molar-refractivity contribution >= 4 is 5.91 Å². The second kappa shape index (κ2) is 7.92. The highest BCUT2D eigenvalue weighted by Gasteiger charge is 2.15. The lowest BCUT2D eigenvalue weighted by Crippen LogP contribution is -2.34. The number of hydrogen-bond donors (Lipinski definition) is 2. The Morgan fingerprint density at radius 3 is 2.61 bits per heavy atom. The average Bonchev–Trinajstić information content (AvgIpc) is 2.80. The Bertz CT molecular complexity index is 649. The van der Waals surface area contributed by atoms with Gasteiger partial charge in [-0.15, -0.1) is 0 Å². The standard InChI is InChI=1S/C18H26N4O/c1-13(10-19-4)18(23)20-11-17-14(2)21-22(15(17)3)12-16-8-6-5-7-9-16/h5-9,13,19H,10-12H2,1-4H3,(H,20,23). The van der Waals surface area contributed by atoms with Gasteiger partial charge < -0.3 is 10.6 Å². The number of aromatic nitrogens is 2. The highest BCUT2D eigenvalue weighted by Crippen LogP contribution is 2.15. The molecule has 0 aliphatic heterocycles. The lowest BCUT2D eigenvalue weighted by atomic mass is 10.1. The van der Waals surface area contributed by atoms with E-state index in [9.17, 15) is 4.79 Å². The number of nitrogens with zero attached hydrogens (tertiary/aromatic N) is 2. The van der Waals surface area contributed by atoms with Crippen molar-refractivity contribution in [3.63, 3.8) is 0 Å². The Hall–Kier alpha value is -2.14. The first-order valence-corrected chi connectivity index (χ1v) is 8.02. The third-order valence-corrected chi connectivity index (χ3v) is 4.10. The summed E-state index contributed by atoms with van der Waals surface area (Å²) in [6.45, 7) is 7.92. The lowest BCUT2D eigenvalue weighted by Gasteiger charge is -2.12. The minimum atomic E-state index is -0.0417. The molecule has 0 fully saturated rings. The summed E-state index contributed by atoms with van der Waals surface area (Å²) in [5, 5.41) is 10.7. The Labute approximate surface area is 138 Å². The van der Waals surface area contributed by atoms with Gasteiger partial charge in [-0.25, -0.2) is 0 Å². The van der Waals surface area contributed by atoms with Crippen molar-refractivity contribution in [2.45, 2.75) is 33.9 Å². The number of carbonyl (C=O) groups is 1. The maximum atomic E-state index is 12.0. The van der Waals surface area contributed by atoms with Crippen molar-refractivity contribution in [3.05, 3.63) is 52.8 Å². The molecule has 1 unspecified atom stereocenters. The van der Waals surface area contributed by atoms with Gasteiger partial charge in [0.05, 0.1) is 12.2 Å². The lowest BCUT2D eigenvalue weighted by molar-refractivity contribution is -0.124. The SMILES string of the molecule is CNCC(C)C(=O)NCc1c(C)nn(Cc2ccccc2)c1C. The van der Waals surface area contributed by atoms with Gasteiger partial charge in [-0.3, -0.25) is 9.48 Å². The Balaban J connectivity index is 2.04. The van der Waals surface area contributed by atoms with Gasteiger partial charge in [0, 0.05) is 30.3 Å². The molecule has 2 rings (SSSR count). The van der Waals surface area contributed by atoms with Crippen LogP contribution in [-0.4, -0.2) is 29.3 Å². The highest BCUT2D eigenvalue weighted by molar-refractivity contribution is 5.78. The summed E-state index contributed by atoms with van der Waals surface area (Å²) >= 11 is 0. The second-order valence-corrected chi connectivity index (χ2v) is 5.97. The van der Waals surface area contributed by atoms with Crippen molar-refractivity contribution in [2.24, 2.45) is 5.92 Å². The molecule has 2 N–H and O–H groups in total. The molecule has 0 radical (unpaired) electrons. The molecule has 1 atom stereocenters. The predicted molar refractivity (Wildman–Crippen MR) is 92.2 cm³/mol. The molecule has 0 bridgehead atoms. The van der Waals surface area contributed by atoms with E-state index in [1.807, 2.05) is 43.8 Å². The molecule has 5 heteroatoms. The van der Waals surface area contributed by atoms with E-state index in [0.717, 1.165) is 23.5 Å². The number of hydrogen-bond acceptors (Lipinski definition) is 3. The third-order valence-electron chi connectivity index (χ3n) is 4.10. The average molecular weight is 314 g/mol. The van der Waals surface area contributed by atoms with Crippen molar-refractivity contribution in [1.82, 2.24) is 20.4 Å². The van der Waals surface area contributed by atoms with Crippen LogP contribution in [0.4, 0.5) is 0 Å². The number of amides is 1. The largest absolute Gasteiger partial charge is 0.352 e. The summed E-state index contributed by atoms with van der Waals surface area (Å²) in [6.07, 6.45) is 0. The molecule has 1 heterocycles. The molecule has 0 saturated heterocycles. The molecule has 1 aromatic carbocycles. The quantitative estimate of drug-likeness (QED) is 0.822. The van der Waals surface area contributed by atoms with Crippen molar-refractivity contribution in [1.29, 1.82) is 0 Å². The fourth-order valence-corrected chi connectivity index (χ4v) is 2.65. The van der Waals surface area contributed by atoms with Crippen molar-refractivity contribution < 1.29 is 4.79 Å². The Kier molecular flexibility index (Phi) is 5.93. The summed E-state index contributed by atoms with van der Waals surface area (Å²) < 4.78 is 2.00. The minimum absolute atomic E-state index is 0.0417. The number of nitrogens with one attached hydrogen (secondary N) is 2. The van der Waals surface area contributed by atoms with Crippen LogP contribution in [0.25, 0.3) is 0 Å². The van der Waals surface area contributed by atoms with E-state index in [1.165, 1.54) is 5.56 Å². The van der Waals surface area contributed by atoms with Gasteiger partial charge in [-0.05, 0) is 26.5 Å². The smallest absolute Gasteiger partial charge is 0.224 e. The number of benzene rings is 1. The normalized spacial score (nSPS) is 12.2. The van der Waals surface area contributed by atoms with E-state index in [4.69, 9.17) is 0 Å². The van der Waals surface area contributed by atoms with Gasteiger partial charge in [0.2, 0.25) is 5.91 Å². The molecule has 0 aliphatic carbocycles. The maximum absolute atomic E-state index is 12.0. The molecule has 0 saturated carbocycles. The van der Waals surface area contributed by atoms with Gasteiger partial charge in [0.25, 0.3) is 0 Å². The molecular formula is C18H26N4O. The van der Waals surface area contributed by atoms with Crippen LogP contribution in [0.3, 0.4) is 0 Å². The van der Waals surface area contributed by atoms with E-state index in [0.29, 0.717) is 13.1 Å². The second-order valence-electron chi connectivity index (χ2n) is 5.97. The molecule has 23 heavy (non-hydrogen) atoms. The maximum Gasteiger partial charge on any atom is 0.224 e. The van der Waals surface area contributed by atoms with Crippen LogP contribution in [0.1, 0.15) is 29.4 Å². The fourth-order valence-electron chi connectivity index (χ4n) is 2.65. The molecule has 0 aliphatic rings. The first-order valence-electron chi connectivity index (χ1n) is 8.02. The zero-order valence-electron chi connectivity index (χ0n) is 14.4. The summed E-state index contributed by atoms with van der Waals surface area (Å²) in [6, 6.07) is 10.3. The van der Waals surface area contributed by atoms with Crippen LogP contribution in [0.5, 0.6) is 0 Å². The first-order chi connectivity index (χ1) is 11.0. The summed E-state index contributed by atoms with van der Waals surface area (Å²) in [5.41, 5.74) is 4.40. The number of rotatable bonds is 7. The van der Waals surface area contributed by atoms with Crippen LogP contribution in [-0.2, 0) is 17.9 Å². The zero-order chi connectivity index (χ0) is 16.8. The topological polar surface area (TPSA) is 59.0 Å². The minimum Gasteiger partial charge on any atom is -0.352 e. The molecule has 1 aromatic heterocycles. The zero-order valence-corrected chi connectivity index (χ0v) is 14.4. The number of carbonyl (C=O) groups excluding carboxylic acids is 1. The van der Waals surface area contributed by atoms with Crippen LogP contribution >= 0.6 is 0 Å². The van der Waals surface area contributed by atoms with Gasteiger partial charge in [0.15, 0.2) is 0 Å². The van der Waals surface area contributed by atoms with E-state index >= 15 is 0 Å². The van der Waals surface area contributed by atoms with Crippen LogP contribution in [0.2, 0.25) is 0 Å². The summed E-state index contributed by atoms with van der Waals surface area (Å²) in [7, 11) is 1.85.